The Kier molecular flexibility index (Phi) is 4.85. The van der Waals surface area contributed by atoms with E-state index in [0.717, 1.165) is 39.3 Å². The van der Waals surface area contributed by atoms with Crippen molar-refractivity contribution in [3.63, 3.8) is 0 Å². The van der Waals surface area contributed by atoms with Crippen molar-refractivity contribution < 1.29 is 14.3 Å². The molecule has 0 aliphatic carbocycles. The van der Waals surface area contributed by atoms with Crippen LogP contribution in [0.15, 0.2) is 63.2 Å². The molecule has 31 heavy (non-hydrogen) atoms. The highest BCUT2D eigenvalue weighted by Crippen LogP contribution is 2.45. The number of hydrogen-bond acceptors (Lipinski definition) is 5. The first-order valence-electron chi connectivity index (χ1n) is 10.3. The van der Waals surface area contributed by atoms with E-state index in [1.165, 1.54) is 0 Å². The van der Waals surface area contributed by atoms with E-state index in [0.29, 0.717) is 17.9 Å². The Morgan fingerprint density at radius 1 is 1.26 bits per heavy atom. The van der Waals surface area contributed by atoms with Crippen LogP contribution in [0.25, 0.3) is 10.9 Å². The van der Waals surface area contributed by atoms with Gasteiger partial charge >= 0.3 is 5.97 Å². The van der Waals surface area contributed by atoms with Crippen molar-refractivity contribution in [3.05, 3.63) is 85.4 Å². The number of nitrogens with zero attached hydrogens (tertiary/aromatic N) is 1. The van der Waals surface area contributed by atoms with Gasteiger partial charge in [-0.25, -0.2) is 4.79 Å². The first-order valence-corrected chi connectivity index (χ1v) is 11.1. The van der Waals surface area contributed by atoms with Crippen LogP contribution in [-0.4, -0.2) is 17.1 Å². The van der Waals surface area contributed by atoms with Crippen LogP contribution in [0.3, 0.4) is 0 Å². The zero-order valence-electron chi connectivity index (χ0n) is 17.0. The van der Waals surface area contributed by atoms with Gasteiger partial charge in [-0.1, -0.05) is 40.2 Å². The number of benzene rings is 2. The molecule has 0 fully saturated rings. The lowest BCUT2D eigenvalue weighted by molar-refractivity contribution is -0.139. The zero-order chi connectivity index (χ0) is 21.7. The number of para-hydroxylation sites is 1. The largest absolute Gasteiger partial charge is 0.462 e. The summed E-state index contributed by atoms with van der Waals surface area (Å²) in [4.78, 5) is 26.7. The zero-order valence-corrected chi connectivity index (χ0v) is 18.6. The molecule has 158 valence electrons. The highest BCUT2D eigenvalue weighted by Gasteiger charge is 2.39. The summed E-state index contributed by atoms with van der Waals surface area (Å²) in [5.41, 5.74) is 9.49. The molecule has 3 heterocycles. The summed E-state index contributed by atoms with van der Waals surface area (Å²) in [6.07, 6.45) is 1.79. The van der Waals surface area contributed by atoms with E-state index in [1.807, 2.05) is 47.0 Å². The Hall–Kier alpha value is -3.06. The van der Waals surface area contributed by atoms with Gasteiger partial charge in [-0.05, 0) is 49.1 Å². The maximum Gasteiger partial charge on any atom is 0.340 e. The van der Waals surface area contributed by atoms with Gasteiger partial charge in [-0.15, -0.1) is 0 Å². The molecule has 7 heteroatoms. The van der Waals surface area contributed by atoms with Gasteiger partial charge in [0.1, 0.15) is 11.3 Å². The lowest BCUT2D eigenvalue weighted by Crippen LogP contribution is -2.35. The fraction of sp³-hybridized carbons (Fsp3) is 0.250. The lowest BCUT2D eigenvalue weighted by atomic mass is 9.82. The molecule has 3 aromatic rings. The summed E-state index contributed by atoms with van der Waals surface area (Å²) in [6, 6.07) is 13.5. The average molecular weight is 481 g/mol. The quantitative estimate of drug-likeness (QED) is 0.573. The minimum atomic E-state index is -0.679. The number of carbonyl (C=O) groups excluding carboxylic acids is 1. The number of nitrogens with two attached hydrogens (primary N) is 1. The van der Waals surface area contributed by atoms with Gasteiger partial charge < -0.3 is 19.8 Å². The summed E-state index contributed by atoms with van der Waals surface area (Å²) in [5.74, 6) is -0.856. The summed E-state index contributed by atoms with van der Waals surface area (Å²) in [5, 5.41) is 0.833. The number of aromatic nitrogens is 1. The SMILES string of the molecule is CCOC(=O)C1=C(N)Oc2c(c(=O)n3c4c(cccc24)CCC3)C1c1ccc(Br)cc1. The van der Waals surface area contributed by atoms with Gasteiger partial charge in [0, 0.05) is 16.4 Å². The number of pyridine rings is 1. The van der Waals surface area contributed by atoms with E-state index < -0.39 is 11.9 Å². The Morgan fingerprint density at radius 3 is 2.77 bits per heavy atom. The van der Waals surface area contributed by atoms with E-state index in [-0.39, 0.29) is 23.6 Å². The van der Waals surface area contributed by atoms with Crippen LogP contribution in [-0.2, 0) is 22.5 Å². The van der Waals surface area contributed by atoms with Crippen LogP contribution >= 0.6 is 15.9 Å². The molecule has 2 aliphatic heterocycles. The molecule has 0 saturated carbocycles. The normalized spacial score (nSPS) is 17.3. The van der Waals surface area contributed by atoms with Crippen LogP contribution < -0.4 is 16.0 Å². The van der Waals surface area contributed by atoms with Crippen LogP contribution in [0.4, 0.5) is 0 Å². The summed E-state index contributed by atoms with van der Waals surface area (Å²) in [6.45, 7) is 2.55. The average Bonchev–Trinajstić information content (AvgIpc) is 2.77. The molecule has 2 aliphatic rings. The van der Waals surface area contributed by atoms with E-state index in [4.69, 9.17) is 15.2 Å². The number of esters is 1. The van der Waals surface area contributed by atoms with Gasteiger partial charge in [0.25, 0.3) is 5.56 Å². The minimum absolute atomic E-state index is 0.0280. The molecule has 0 saturated heterocycles. The number of ether oxygens (including phenoxy) is 2. The summed E-state index contributed by atoms with van der Waals surface area (Å²) >= 11 is 3.45. The number of rotatable bonds is 3. The molecular weight excluding hydrogens is 460 g/mol. The topological polar surface area (TPSA) is 83.6 Å². The fourth-order valence-electron chi connectivity index (χ4n) is 4.66. The maximum atomic E-state index is 13.8. The van der Waals surface area contributed by atoms with Crippen molar-refractivity contribution >= 4 is 32.8 Å². The predicted molar refractivity (Wildman–Crippen MR) is 121 cm³/mol. The summed E-state index contributed by atoms with van der Waals surface area (Å²) in [7, 11) is 0. The van der Waals surface area contributed by atoms with E-state index in [1.54, 1.807) is 6.92 Å². The number of aryl methyl sites for hydroxylation is 2. The second kappa shape index (κ2) is 7.57. The van der Waals surface area contributed by atoms with Gasteiger partial charge in [0.05, 0.1) is 23.6 Å². The molecular formula is C24H21BrN2O4. The first-order chi connectivity index (χ1) is 15.0. The third-order valence-corrected chi connectivity index (χ3v) is 6.46. The van der Waals surface area contributed by atoms with Crippen LogP contribution in [0.2, 0.25) is 0 Å². The highest BCUT2D eigenvalue weighted by atomic mass is 79.9. The minimum Gasteiger partial charge on any atom is -0.462 e. The molecule has 5 rings (SSSR count). The number of hydrogen-bond donors (Lipinski definition) is 1. The Morgan fingerprint density at radius 2 is 2.03 bits per heavy atom. The van der Waals surface area contributed by atoms with Gasteiger partial charge in [0.2, 0.25) is 5.88 Å². The van der Waals surface area contributed by atoms with E-state index in [9.17, 15) is 9.59 Å². The van der Waals surface area contributed by atoms with E-state index >= 15 is 0 Å². The molecule has 2 aromatic carbocycles. The molecule has 2 N–H and O–H groups in total. The van der Waals surface area contributed by atoms with Crippen molar-refractivity contribution in [2.24, 2.45) is 5.73 Å². The first kappa shape index (κ1) is 19.9. The molecule has 6 nitrogen and oxygen atoms in total. The second-order valence-corrected chi connectivity index (χ2v) is 8.62. The molecule has 0 bridgehead atoms. The van der Waals surface area contributed by atoms with Gasteiger partial charge in [0.15, 0.2) is 0 Å². The van der Waals surface area contributed by atoms with Crippen molar-refractivity contribution in [1.29, 1.82) is 0 Å². The predicted octanol–water partition coefficient (Wildman–Crippen LogP) is 3.97. The van der Waals surface area contributed by atoms with Crippen LogP contribution in [0, 0.1) is 0 Å². The number of fused-ring (bicyclic) bond motifs is 2. The highest BCUT2D eigenvalue weighted by molar-refractivity contribution is 9.10. The summed E-state index contributed by atoms with van der Waals surface area (Å²) < 4.78 is 14.0. The smallest absolute Gasteiger partial charge is 0.340 e. The van der Waals surface area contributed by atoms with Gasteiger partial charge in [-0.3, -0.25) is 4.79 Å². The van der Waals surface area contributed by atoms with Crippen molar-refractivity contribution in [1.82, 2.24) is 4.57 Å². The second-order valence-electron chi connectivity index (χ2n) is 7.70. The number of halogens is 1. The standard InChI is InChI=1S/C24H21BrN2O4/c1-2-30-24(29)19-17(13-8-10-15(25)11-9-13)18-21(31-22(19)26)16-7-3-5-14-6-4-12-27(20(14)16)23(18)28/h3,5,7-11,17H,2,4,6,12,26H2,1H3. The molecule has 0 amide bonds. The fourth-order valence-corrected chi connectivity index (χ4v) is 4.92. The molecule has 1 aromatic heterocycles. The Balaban J connectivity index is 1.86. The van der Waals surface area contributed by atoms with E-state index in [2.05, 4.69) is 15.9 Å². The third kappa shape index (κ3) is 3.07. The monoisotopic (exact) mass is 480 g/mol. The lowest BCUT2D eigenvalue weighted by Gasteiger charge is -2.31. The van der Waals surface area contributed by atoms with Crippen molar-refractivity contribution in [2.45, 2.75) is 32.2 Å². The van der Waals surface area contributed by atoms with Crippen LogP contribution in [0.1, 0.15) is 36.0 Å². The molecule has 1 atom stereocenters. The number of carbonyl (C=O) groups is 1. The Labute approximate surface area is 187 Å². The Bertz CT molecular complexity index is 1310. The maximum absolute atomic E-state index is 13.8. The van der Waals surface area contributed by atoms with Gasteiger partial charge in [-0.2, -0.15) is 0 Å². The van der Waals surface area contributed by atoms with Crippen LogP contribution in [0.5, 0.6) is 5.75 Å². The van der Waals surface area contributed by atoms with Crippen molar-refractivity contribution in [3.8, 4) is 5.75 Å². The third-order valence-electron chi connectivity index (χ3n) is 5.94. The van der Waals surface area contributed by atoms with Crippen molar-refractivity contribution in [2.75, 3.05) is 6.61 Å². The molecule has 0 spiro atoms. The molecule has 1 unspecified atom stereocenters. The molecule has 0 radical (unpaired) electrons.